The number of rotatable bonds is 7. The molecule has 0 atom stereocenters. The molecule has 3 amide bonds. The molecule has 25 heavy (non-hydrogen) atoms. The van der Waals surface area contributed by atoms with Crippen LogP contribution in [0.5, 0.6) is 0 Å². The summed E-state index contributed by atoms with van der Waals surface area (Å²) in [5, 5.41) is 7.97. The molecule has 0 spiro atoms. The van der Waals surface area contributed by atoms with Crippen LogP contribution in [0.1, 0.15) is 16.1 Å². The lowest BCUT2D eigenvalue weighted by Gasteiger charge is -2.08. The summed E-state index contributed by atoms with van der Waals surface area (Å²) in [6, 6.07) is 7.84. The van der Waals surface area contributed by atoms with E-state index in [9.17, 15) is 14.4 Å². The van der Waals surface area contributed by atoms with Crippen LogP contribution in [-0.4, -0.2) is 30.8 Å². The zero-order valence-electron chi connectivity index (χ0n) is 13.0. The number of halogens is 2. The minimum atomic E-state index is -0.515. The van der Waals surface area contributed by atoms with E-state index in [2.05, 4.69) is 16.0 Å². The van der Waals surface area contributed by atoms with Crippen LogP contribution in [0, 0.1) is 0 Å². The van der Waals surface area contributed by atoms with Gasteiger partial charge in [0.1, 0.15) is 5.76 Å². The predicted molar refractivity (Wildman–Crippen MR) is 92.4 cm³/mol. The van der Waals surface area contributed by atoms with Gasteiger partial charge in [0.2, 0.25) is 11.8 Å². The zero-order valence-corrected chi connectivity index (χ0v) is 14.5. The summed E-state index contributed by atoms with van der Waals surface area (Å²) < 4.78 is 5.06. The van der Waals surface area contributed by atoms with Gasteiger partial charge < -0.3 is 20.4 Å². The normalized spacial score (nSPS) is 10.2. The third-order valence-corrected chi connectivity index (χ3v) is 3.62. The topological polar surface area (TPSA) is 100 Å². The fraction of sp³-hybridized carbons (Fsp3) is 0.188. The number of hydrogen-bond acceptors (Lipinski definition) is 4. The van der Waals surface area contributed by atoms with E-state index in [-0.39, 0.29) is 36.1 Å². The van der Waals surface area contributed by atoms with Crippen LogP contribution in [0.2, 0.25) is 10.0 Å². The van der Waals surface area contributed by atoms with Crippen LogP contribution in [0.3, 0.4) is 0 Å². The number of amides is 3. The molecule has 0 saturated heterocycles. The summed E-state index contributed by atoms with van der Waals surface area (Å²) in [6.07, 6.45) is 1.50. The molecule has 3 N–H and O–H groups in total. The number of benzene rings is 1. The molecule has 0 bridgehead atoms. The maximum atomic E-state index is 11.9. The first-order valence-electron chi connectivity index (χ1n) is 7.24. The molecule has 2 rings (SSSR count). The maximum Gasteiger partial charge on any atom is 0.253 e. The Labute approximate surface area is 153 Å². The molecular weight excluding hydrogens is 369 g/mol. The highest BCUT2D eigenvalue weighted by molar-refractivity contribution is 6.36. The summed E-state index contributed by atoms with van der Waals surface area (Å²) >= 11 is 11.7. The third-order valence-electron chi connectivity index (χ3n) is 3.07. The highest BCUT2D eigenvalue weighted by Gasteiger charge is 2.12. The van der Waals surface area contributed by atoms with Crippen molar-refractivity contribution in [3.63, 3.8) is 0 Å². The van der Waals surface area contributed by atoms with E-state index in [1.807, 2.05) is 0 Å². The Morgan fingerprint density at radius 3 is 2.36 bits per heavy atom. The van der Waals surface area contributed by atoms with Gasteiger partial charge in [0, 0.05) is 5.02 Å². The van der Waals surface area contributed by atoms with E-state index in [1.54, 1.807) is 12.1 Å². The highest BCUT2D eigenvalue weighted by Crippen LogP contribution is 2.20. The van der Waals surface area contributed by atoms with Crippen molar-refractivity contribution in [2.45, 2.75) is 6.54 Å². The molecule has 0 unspecified atom stereocenters. The number of furan rings is 1. The fourth-order valence-corrected chi connectivity index (χ4v) is 2.33. The van der Waals surface area contributed by atoms with Crippen molar-refractivity contribution < 1.29 is 18.8 Å². The minimum Gasteiger partial charge on any atom is -0.467 e. The molecule has 0 radical (unpaired) electrons. The van der Waals surface area contributed by atoms with Crippen LogP contribution in [-0.2, 0) is 16.1 Å². The molecule has 9 heteroatoms. The Hall–Kier alpha value is -2.51. The van der Waals surface area contributed by atoms with Gasteiger partial charge in [-0.3, -0.25) is 14.4 Å². The summed E-state index contributed by atoms with van der Waals surface area (Å²) in [4.78, 5) is 35.2. The Morgan fingerprint density at radius 2 is 1.68 bits per heavy atom. The molecule has 7 nitrogen and oxygen atoms in total. The molecule has 1 heterocycles. The second-order valence-corrected chi connectivity index (χ2v) is 5.78. The summed E-state index contributed by atoms with van der Waals surface area (Å²) in [5.41, 5.74) is 0.204. The van der Waals surface area contributed by atoms with E-state index in [4.69, 9.17) is 27.6 Å². The van der Waals surface area contributed by atoms with Crippen molar-refractivity contribution >= 4 is 40.9 Å². The molecule has 0 aliphatic heterocycles. The van der Waals surface area contributed by atoms with Gasteiger partial charge in [-0.15, -0.1) is 0 Å². The van der Waals surface area contributed by atoms with Gasteiger partial charge in [0.25, 0.3) is 5.91 Å². The average molecular weight is 384 g/mol. The molecule has 0 fully saturated rings. The molecule has 1 aromatic carbocycles. The first kappa shape index (κ1) is 18.8. The van der Waals surface area contributed by atoms with Crippen molar-refractivity contribution in [2.75, 3.05) is 13.1 Å². The highest BCUT2D eigenvalue weighted by atomic mass is 35.5. The van der Waals surface area contributed by atoms with Crippen molar-refractivity contribution in [3.8, 4) is 0 Å². The largest absolute Gasteiger partial charge is 0.467 e. The zero-order chi connectivity index (χ0) is 18.2. The monoisotopic (exact) mass is 383 g/mol. The molecule has 0 aliphatic rings. The first-order valence-corrected chi connectivity index (χ1v) is 8.00. The first-order chi connectivity index (χ1) is 12.0. The van der Waals surface area contributed by atoms with E-state index in [1.165, 1.54) is 24.5 Å². The van der Waals surface area contributed by atoms with E-state index in [0.717, 1.165) is 0 Å². The van der Waals surface area contributed by atoms with Crippen LogP contribution < -0.4 is 16.0 Å². The van der Waals surface area contributed by atoms with Gasteiger partial charge in [0.05, 0.1) is 36.5 Å². The van der Waals surface area contributed by atoms with Gasteiger partial charge in [-0.2, -0.15) is 0 Å². The predicted octanol–water partition coefficient (Wildman–Crippen LogP) is 1.75. The van der Waals surface area contributed by atoms with Gasteiger partial charge in [0.15, 0.2) is 0 Å². The van der Waals surface area contributed by atoms with E-state index < -0.39 is 11.8 Å². The van der Waals surface area contributed by atoms with Crippen LogP contribution in [0.25, 0.3) is 0 Å². The molecule has 0 aliphatic carbocycles. The molecule has 1 aromatic heterocycles. The van der Waals surface area contributed by atoms with Crippen LogP contribution >= 0.6 is 23.2 Å². The fourth-order valence-electron chi connectivity index (χ4n) is 1.83. The second-order valence-electron chi connectivity index (χ2n) is 4.94. The molecular formula is C16H15Cl2N3O4. The minimum absolute atomic E-state index is 0.183. The van der Waals surface area contributed by atoms with Gasteiger partial charge >= 0.3 is 0 Å². The summed E-state index contributed by atoms with van der Waals surface area (Å²) in [6.45, 7) is -0.270. The quantitative estimate of drug-likeness (QED) is 0.677. The SMILES string of the molecule is O=C(CNC(=O)CNC(=O)c1ccc(Cl)cc1Cl)NCc1ccco1. The van der Waals surface area contributed by atoms with E-state index in [0.29, 0.717) is 10.8 Å². The Kier molecular flexibility index (Phi) is 6.85. The number of carbonyl (C=O) groups excluding carboxylic acids is 3. The molecule has 2 aromatic rings. The lowest BCUT2D eigenvalue weighted by molar-refractivity contribution is -0.125. The smallest absolute Gasteiger partial charge is 0.253 e. The lowest BCUT2D eigenvalue weighted by atomic mass is 10.2. The van der Waals surface area contributed by atoms with Crippen molar-refractivity contribution in [1.29, 1.82) is 0 Å². The lowest BCUT2D eigenvalue weighted by Crippen LogP contribution is -2.41. The second kappa shape index (κ2) is 9.10. The Morgan fingerprint density at radius 1 is 0.960 bits per heavy atom. The Balaban J connectivity index is 1.69. The van der Waals surface area contributed by atoms with Crippen LogP contribution in [0.4, 0.5) is 0 Å². The number of carbonyl (C=O) groups is 3. The summed E-state index contributed by atoms with van der Waals surface area (Å²) in [7, 11) is 0. The molecule has 0 saturated carbocycles. The number of nitrogens with one attached hydrogen (secondary N) is 3. The van der Waals surface area contributed by atoms with E-state index >= 15 is 0 Å². The average Bonchev–Trinajstić information content (AvgIpc) is 3.09. The van der Waals surface area contributed by atoms with Gasteiger partial charge in [-0.05, 0) is 30.3 Å². The Bertz CT molecular complexity index is 763. The van der Waals surface area contributed by atoms with Crippen molar-refractivity contribution in [1.82, 2.24) is 16.0 Å². The van der Waals surface area contributed by atoms with Gasteiger partial charge in [-0.1, -0.05) is 23.2 Å². The van der Waals surface area contributed by atoms with Crippen LogP contribution in [0.15, 0.2) is 41.0 Å². The number of hydrogen-bond donors (Lipinski definition) is 3. The maximum absolute atomic E-state index is 11.9. The standard InChI is InChI=1S/C16H15Cl2N3O4/c17-10-3-4-12(13(18)6-10)16(24)21-9-15(23)20-8-14(22)19-7-11-2-1-5-25-11/h1-6H,7-9H2,(H,19,22)(H,20,23)(H,21,24). The van der Waals surface area contributed by atoms with Crippen molar-refractivity contribution in [2.24, 2.45) is 0 Å². The third kappa shape index (κ3) is 6.13. The molecule has 132 valence electrons. The van der Waals surface area contributed by atoms with Crippen molar-refractivity contribution in [3.05, 3.63) is 58.0 Å². The summed E-state index contributed by atoms with van der Waals surface area (Å²) in [5.74, 6) is -0.797. The van der Waals surface area contributed by atoms with Gasteiger partial charge in [-0.25, -0.2) is 0 Å².